The van der Waals surface area contributed by atoms with Crippen LogP contribution < -0.4 is 0 Å². The fraction of sp³-hybridized carbons (Fsp3) is 0.250. The first-order valence-electron chi connectivity index (χ1n) is 6.95. The van der Waals surface area contributed by atoms with Crippen molar-refractivity contribution in [1.82, 2.24) is 4.90 Å². The molecule has 0 atom stereocenters. The molecule has 8 heteroatoms. The van der Waals surface area contributed by atoms with Gasteiger partial charge in [0.05, 0.1) is 4.91 Å². The fourth-order valence-corrected chi connectivity index (χ4v) is 4.46. The molecule has 1 amide bonds. The minimum Gasteiger partial charge on any atom is -0.294 e. The van der Waals surface area contributed by atoms with E-state index in [1.54, 1.807) is 6.07 Å². The number of allylic oxidation sites excluding steroid dienone is 1. The van der Waals surface area contributed by atoms with E-state index in [2.05, 4.69) is 0 Å². The van der Waals surface area contributed by atoms with Gasteiger partial charge in [0.2, 0.25) is 0 Å². The summed E-state index contributed by atoms with van der Waals surface area (Å²) in [7, 11) is 0. The molecule has 1 aliphatic heterocycles. The van der Waals surface area contributed by atoms with E-state index in [4.69, 9.17) is 33.4 Å². The number of hydrogen-bond donors (Lipinski definition) is 0. The monoisotopic (exact) mass is 381 g/mol. The standard InChI is InChI=1S/C15H12ClNO2S2.CO2/c1-3-17-14(19)13(21-15(17)20)12-10-5-8(16)4-7(2)9(10)6-11(12)18;2-1-3/h4-5H,3,6H2,1-2H3;/b13-12-;. The van der Waals surface area contributed by atoms with Gasteiger partial charge in [0.25, 0.3) is 5.91 Å². The number of halogens is 1. The average Bonchev–Trinajstić information content (AvgIpc) is 2.96. The van der Waals surface area contributed by atoms with Crippen LogP contribution in [-0.2, 0) is 25.6 Å². The first-order valence-corrected chi connectivity index (χ1v) is 8.55. The second kappa shape index (κ2) is 7.40. The number of carbonyl (C=O) groups excluding carboxylic acids is 4. The van der Waals surface area contributed by atoms with Gasteiger partial charge in [0.15, 0.2) is 5.78 Å². The summed E-state index contributed by atoms with van der Waals surface area (Å²) < 4.78 is 0.505. The maximum Gasteiger partial charge on any atom is 0.373 e. The third-order valence-electron chi connectivity index (χ3n) is 3.72. The number of thioether (sulfide) groups is 1. The number of thiocarbonyl (C=S) groups is 1. The van der Waals surface area contributed by atoms with Crippen molar-refractivity contribution in [1.29, 1.82) is 0 Å². The third kappa shape index (κ3) is 3.21. The van der Waals surface area contributed by atoms with Gasteiger partial charge in [-0.1, -0.05) is 35.6 Å². The van der Waals surface area contributed by atoms with Crippen LogP contribution in [0.15, 0.2) is 17.0 Å². The number of rotatable bonds is 1. The highest BCUT2D eigenvalue weighted by Gasteiger charge is 2.38. The molecular formula is C16H12ClNO4S2. The summed E-state index contributed by atoms with van der Waals surface area (Å²) in [5.74, 6) is -0.215. The first kappa shape index (κ1) is 18.5. The van der Waals surface area contributed by atoms with Crippen molar-refractivity contribution in [3.8, 4) is 0 Å². The number of Topliss-reactive ketones (excluding diaryl/α,β-unsaturated/α-hetero) is 1. The fourth-order valence-electron chi connectivity index (χ4n) is 2.70. The lowest BCUT2D eigenvalue weighted by Gasteiger charge is -2.10. The molecule has 3 rings (SSSR count). The minimum absolute atomic E-state index is 0.0352. The molecule has 0 saturated carbocycles. The van der Waals surface area contributed by atoms with Crippen LogP contribution in [0.5, 0.6) is 0 Å². The number of fused-ring (bicyclic) bond motifs is 1. The second-order valence-electron chi connectivity index (χ2n) is 5.05. The molecule has 1 fully saturated rings. The number of likely N-dealkylation sites (N-methyl/N-ethyl adjacent to an activating group) is 1. The van der Waals surface area contributed by atoms with E-state index in [1.165, 1.54) is 16.7 Å². The van der Waals surface area contributed by atoms with Crippen molar-refractivity contribution in [3.05, 3.63) is 38.8 Å². The zero-order valence-corrected chi connectivity index (χ0v) is 15.2. The maximum atomic E-state index is 12.4. The van der Waals surface area contributed by atoms with Crippen molar-refractivity contribution in [2.24, 2.45) is 0 Å². The molecule has 1 heterocycles. The van der Waals surface area contributed by atoms with Gasteiger partial charge in [-0.25, -0.2) is 0 Å². The predicted octanol–water partition coefficient (Wildman–Crippen LogP) is 2.78. The van der Waals surface area contributed by atoms with Gasteiger partial charge in [-0.2, -0.15) is 9.59 Å². The van der Waals surface area contributed by atoms with Crippen LogP contribution in [0.25, 0.3) is 5.57 Å². The molecule has 0 bridgehead atoms. The van der Waals surface area contributed by atoms with Gasteiger partial charge in [-0.05, 0) is 42.7 Å². The number of carbonyl (C=O) groups is 2. The Morgan fingerprint density at radius 1 is 1.33 bits per heavy atom. The van der Waals surface area contributed by atoms with Gasteiger partial charge in [-0.3, -0.25) is 14.5 Å². The minimum atomic E-state index is -0.179. The molecule has 2 aliphatic rings. The van der Waals surface area contributed by atoms with Gasteiger partial charge in [-0.15, -0.1) is 0 Å². The van der Waals surface area contributed by atoms with Crippen LogP contribution >= 0.6 is 35.6 Å². The molecule has 0 N–H and O–H groups in total. The molecule has 1 saturated heterocycles. The highest BCUT2D eigenvalue weighted by atomic mass is 35.5. The summed E-state index contributed by atoms with van der Waals surface area (Å²) in [6.45, 7) is 4.30. The van der Waals surface area contributed by atoms with Crippen molar-refractivity contribution < 1.29 is 19.2 Å². The van der Waals surface area contributed by atoms with Crippen molar-refractivity contribution in [3.63, 3.8) is 0 Å². The lowest BCUT2D eigenvalue weighted by atomic mass is 10.0. The number of aryl methyl sites for hydroxylation is 1. The van der Waals surface area contributed by atoms with E-state index in [-0.39, 0.29) is 17.8 Å². The summed E-state index contributed by atoms with van der Waals surface area (Å²) in [5, 5.41) is 0.574. The molecule has 0 aromatic heterocycles. The van der Waals surface area contributed by atoms with Crippen molar-refractivity contribution >= 4 is 63.3 Å². The highest BCUT2D eigenvalue weighted by molar-refractivity contribution is 8.26. The highest BCUT2D eigenvalue weighted by Crippen LogP contribution is 2.42. The van der Waals surface area contributed by atoms with Gasteiger partial charge < -0.3 is 0 Å². The molecule has 0 spiro atoms. The molecule has 24 heavy (non-hydrogen) atoms. The average molecular weight is 382 g/mol. The SMILES string of the molecule is CCN1C(=O)/C(=C2/C(=O)Cc3c(C)cc(Cl)cc32)SC1=S.O=C=O. The topological polar surface area (TPSA) is 71.5 Å². The Hall–Kier alpha value is -1.79. The van der Waals surface area contributed by atoms with E-state index in [0.29, 0.717) is 32.8 Å². The molecule has 1 aromatic carbocycles. The number of ketones is 1. The summed E-state index contributed by atoms with van der Waals surface area (Å²) in [6.07, 6.45) is 0.573. The zero-order chi connectivity index (χ0) is 18.0. The van der Waals surface area contributed by atoms with Crippen molar-refractivity contribution in [2.45, 2.75) is 20.3 Å². The Morgan fingerprint density at radius 3 is 2.50 bits per heavy atom. The Balaban J connectivity index is 0.000000647. The first-order chi connectivity index (χ1) is 11.3. The molecular weight excluding hydrogens is 370 g/mol. The second-order valence-corrected chi connectivity index (χ2v) is 7.13. The van der Waals surface area contributed by atoms with E-state index in [0.717, 1.165) is 16.7 Å². The van der Waals surface area contributed by atoms with Gasteiger partial charge in [0, 0.05) is 23.6 Å². The Bertz CT molecular complexity index is 826. The third-order valence-corrected chi connectivity index (χ3v) is 5.38. The van der Waals surface area contributed by atoms with Crippen LogP contribution in [0.1, 0.15) is 23.6 Å². The number of nitrogens with zero attached hydrogens (tertiary/aromatic N) is 1. The van der Waals surface area contributed by atoms with Crippen LogP contribution in [0.2, 0.25) is 5.02 Å². The molecule has 1 aromatic rings. The largest absolute Gasteiger partial charge is 0.373 e. The van der Waals surface area contributed by atoms with Gasteiger partial charge in [0.1, 0.15) is 4.32 Å². The Morgan fingerprint density at radius 2 is 1.96 bits per heavy atom. The zero-order valence-electron chi connectivity index (χ0n) is 12.8. The summed E-state index contributed by atoms with van der Waals surface area (Å²) in [6, 6.07) is 3.61. The van der Waals surface area contributed by atoms with Crippen LogP contribution in [-0.4, -0.2) is 33.6 Å². The predicted molar refractivity (Wildman–Crippen MR) is 94.4 cm³/mol. The van der Waals surface area contributed by atoms with Crippen molar-refractivity contribution in [2.75, 3.05) is 6.54 Å². The van der Waals surface area contributed by atoms with Crippen LogP contribution in [0.3, 0.4) is 0 Å². The lowest BCUT2D eigenvalue weighted by Crippen LogP contribution is -2.27. The smallest absolute Gasteiger partial charge is 0.294 e. The number of amides is 1. The maximum absolute atomic E-state index is 12.4. The Kier molecular flexibility index (Phi) is 5.72. The molecule has 1 aliphatic carbocycles. The van der Waals surface area contributed by atoms with E-state index >= 15 is 0 Å². The summed E-state index contributed by atoms with van der Waals surface area (Å²) >= 11 is 12.5. The van der Waals surface area contributed by atoms with Gasteiger partial charge >= 0.3 is 6.15 Å². The van der Waals surface area contributed by atoms with Crippen LogP contribution in [0.4, 0.5) is 0 Å². The van der Waals surface area contributed by atoms with E-state index in [1.807, 2.05) is 19.9 Å². The molecule has 0 unspecified atom stereocenters. The number of hydrogen-bond acceptors (Lipinski definition) is 6. The Labute approximate surface area is 153 Å². The molecule has 0 radical (unpaired) electrons. The lowest BCUT2D eigenvalue weighted by molar-refractivity contribution is -0.191. The summed E-state index contributed by atoms with van der Waals surface area (Å²) in [5.41, 5.74) is 3.19. The summed E-state index contributed by atoms with van der Waals surface area (Å²) in [4.78, 5) is 43.0. The molecule has 124 valence electrons. The normalized spacial score (nSPS) is 19.1. The van der Waals surface area contributed by atoms with E-state index in [9.17, 15) is 9.59 Å². The number of benzene rings is 1. The van der Waals surface area contributed by atoms with E-state index < -0.39 is 0 Å². The molecule has 5 nitrogen and oxygen atoms in total. The van der Waals surface area contributed by atoms with Crippen LogP contribution in [0, 0.1) is 6.92 Å². The quantitative estimate of drug-likeness (QED) is 0.550.